The van der Waals surface area contributed by atoms with Crippen LogP contribution in [0, 0.1) is 0 Å². The van der Waals surface area contributed by atoms with E-state index in [0.29, 0.717) is 30.5 Å². The van der Waals surface area contributed by atoms with Gasteiger partial charge in [0.05, 0.1) is 18.9 Å². The minimum Gasteiger partial charge on any atom is -0.383 e. The van der Waals surface area contributed by atoms with Crippen molar-refractivity contribution >= 4 is 16.5 Å². The standard InChI is InChI=1S/C12H20F3N3O2S/c1-18(8-12(13,14)15)11-17-9(7-20-3)10(21-11)6-16-4-5-19-2/h16H,4-8H2,1-3H3. The Bertz CT molecular complexity index is 426. The third-order valence-corrected chi connectivity index (χ3v) is 3.77. The third kappa shape index (κ3) is 6.60. The van der Waals surface area contributed by atoms with Crippen LogP contribution in [-0.2, 0) is 22.6 Å². The molecule has 21 heavy (non-hydrogen) atoms. The fourth-order valence-electron chi connectivity index (χ4n) is 1.63. The van der Waals surface area contributed by atoms with Gasteiger partial charge < -0.3 is 19.7 Å². The number of alkyl halides is 3. The number of nitrogens with one attached hydrogen (secondary N) is 1. The molecule has 1 aromatic heterocycles. The van der Waals surface area contributed by atoms with Crippen molar-refractivity contribution < 1.29 is 22.6 Å². The van der Waals surface area contributed by atoms with Gasteiger partial charge in [0, 0.05) is 39.2 Å². The number of ether oxygens (including phenoxy) is 2. The first kappa shape index (κ1) is 18.1. The van der Waals surface area contributed by atoms with Crippen molar-refractivity contribution in [1.82, 2.24) is 10.3 Å². The molecule has 0 saturated heterocycles. The van der Waals surface area contributed by atoms with E-state index in [1.165, 1.54) is 25.5 Å². The summed E-state index contributed by atoms with van der Waals surface area (Å²) in [4.78, 5) is 6.20. The Balaban J connectivity index is 2.73. The Kier molecular flexibility index (Phi) is 7.36. The van der Waals surface area contributed by atoms with Crippen LogP contribution in [-0.4, -0.2) is 52.1 Å². The highest BCUT2D eigenvalue weighted by atomic mass is 32.1. The molecule has 0 aromatic carbocycles. The molecule has 0 fully saturated rings. The zero-order valence-electron chi connectivity index (χ0n) is 12.3. The maximum Gasteiger partial charge on any atom is 0.405 e. The van der Waals surface area contributed by atoms with Gasteiger partial charge in [-0.2, -0.15) is 13.2 Å². The fourth-order valence-corrected chi connectivity index (χ4v) is 2.63. The molecule has 0 amide bonds. The molecule has 0 aliphatic heterocycles. The van der Waals surface area contributed by atoms with Crippen molar-refractivity contribution in [3.63, 3.8) is 0 Å². The summed E-state index contributed by atoms with van der Waals surface area (Å²) in [5.41, 5.74) is 0.663. The summed E-state index contributed by atoms with van der Waals surface area (Å²) in [7, 11) is 4.51. The van der Waals surface area contributed by atoms with Crippen molar-refractivity contribution in [3.05, 3.63) is 10.6 Å². The van der Waals surface area contributed by atoms with Gasteiger partial charge in [-0.1, -0.05) is 0 Å². The SMILES string of the molecule is COCCNCc1sc(N(C)CC(F)(F)F)nc1COC. The van der Waals surface area contributed by atoms with E-state index >= 15 is 0 Å². The maximum absolute atomic E-state index is 12.4. The fraction of sp³-hybridized carbons (Fsp3) is 0.750. The van der Waals surface area contributed by atoms with Gasteiger partial charge in [0.15, 0.2) is 5.13 Å². The van der Waals surface area contributed by atoms with Crippen molar-refractivity contribution in [3.8, 4) is 0 Å². The molecule has 0 spiro atoms. The van der Waals surface area contributed by atoms with Gasteiger partial charge in [0.25, 0.3) is 0 Å². The molecule has 1 heterocycles. The normalized spacial score (nSPS) is 11.9. The first-order valence-electron chi connectivity index (χ1n) is 6.32. The second kappa shape index (κ2) is 8.52. The van der Waals surface area contributed by atoms with Crippen molar-refractivity contribution in [1.29, 1.82) is 0 Å². The molecule has 9 heteroatoms. The largest absolute Gasteiger partial charge is 0.405 e. The second-order valence-corrected chi connectivity index (χ2v) is 5.50. The van der Waals surface area contributed by atoms with Gasteiger partial charge in [0.2, 0.25) is 0 Å². The highest BCUT2D eigenvalue weighted by molar-refractivity contribution is 7.15. The number of rotatable bonds is 9. The molecule has 0 unspecified atom stereocenters. The van der Waals surface area contributed by atoms with Crippen LogP contribution in [0.25, 0.3) is 0 Å². The lowest BCUT2D eigenvalue weighted by Crippen LogP contribution is -2.30. The smallest absolute Gasteiger partial charge is 0.383 e. The van der Waals surface area contributed by atoms with Crippen molar-refractivity contribution in [2.24, 2.45) is 0 Å². The number of halogens is 3. The van der Waals surface area contributed by atoms with Gasteiger partial charge in [-0.3, -0.25) is 0 Å². The predicted octanol–water partition coefficient (Wildman–Crippen LogP) is 2.02. The predicted molar refractivity (Wildman–Crippen MR) is 75.7 cm³/mol. The summed E-state index contributed by atoms with van der Waals surface area (Å²) in [6.45, 7) is 1.01. The molecule has 1 aromatic rings. The van der Waals surface area contributed by atoms with Gasteiger partial charge in [-0.05, 0) is 0 Å². The molecule has 0 radical (unpaired) electrons. The van der Waals surface area contributed by atoms with Crippen LogP contribution >= 0.6 is 11.3 Å². The zero-order valence-corrected chi connectivity index (χ0v) is 13.1. The molecule has 0 saturated carbocycles. The number of hydrogen-bond acceptors (Lipinski definition) is 6. The monoisotopic (exact) mass is 327 g/mol. The summed E-state index contributed by atoms with van der Waals surface area (Å²) in [6, 6.07) is 0. The van der Waals surface area contributed by atoms with Gasteiger partial charge in [-0.25, -0.2) is 4.98 Å². The lowest BCUT2D eigenvalue weighted by Gasteiger charge is -2.17. The average molecular weight is 327 g/mol. The number of hydrogen-bond donors (Lipinski definition) is 1. The minimum atomic E-state index is -4.25. The topological polar surface area (TPSA) is 46.6 Å². The Labute approximate surface area is 126 Å². The molecule has 0 aliphatic rings. The zero-order chi connectivity index (χ0) is 15.9. The summed E-state index contributed by atoms with van der Waals surface area (Å²) >= 11 is 1.24. The Hall–Kier alpha value is -0.900. The molecule has 0 aliphatic carbocycles. The van der Waals surface area contributed by atoms with Crippen LogP contribution in [0.5, 0.6) is 0 Å². The van der Waals surface area contributed by atoms with Gasteiger partial charge >= 0.3 is 6.18 Å². The highest BCUT2D eigenvalue weighted by Gasteiger charge is 2.30. The molecule has 122 valence electrons. The molecular formula is C12H20F3N3O2S. The van der Waals surface area contributed by atoms with Crippen LogP contribution in [0.3, 0.4) is 0 Å². The maximum atomic E-state index is 12.4. The molecule has 5 nitrogen and oxygen atoms in total. The third-order valence-electron chi connectivity index (χ3n) is 2.56. The van der Waals surface area contributed by atoms with Crippen LogP contribution in [0.15, 0.2) is 0 Å². The lowest BCUT2D eigenvalue weighted by atomic mass is 10.3. The van der Waals surface area contributed by atoms with Crippen LogP contribution in [0.2, 0.25) is 0 Å². The summed E-state index contributed by atoms with van der Waals surface area (Å²) in [6.07, 6.45) is -4.25. The molecule has 1 rings (SSSR count). The molecule has 1 N–H and O–H groups in total. The number of anilines is 1. The minimum absolute atomic E-state index is 0.275. The van der Waals surface area contributed by atoms with E-state index in [1.807, 2.05) is 0 Å². The van der Waals surface area contributed by atoms with Crippen LogP contribution < -0.4 is 10.2 Å². The molecular weight excluding hydrogens is 307 g/mol. The second-order valence-electron chi connectivity index (χ2n) is 4.44. The Morgan fingerprint density at radius 2 is 2.00 bits per heavy atom. The summed E-state index contributed by atoms with van der Waals surface area (Å²) in [5.74, 6) is 0. The Morgan fingerprint density at radius 1 is 1.29 bits per heavy atom. The van der Waals surface area contributed by atoms with Crippen LogP contribution in [0.4, 0.5) is 18.3 Å². The summed E-state index contributed by atoms with van der Waals surface area (Å²) < 4.78 is 47.2. The van der Waals surface area contributed by atoms with Crippen molar-refractivity contribution in [2.75, 3.05) is 45.9 Å². The number of methoxy groups -OCH3 is 2. The number of thiazole rings is 1. The van der Waals surface area contributed by atoms with E-state index in [1.54, 1.807) is 7.11 Å². The summed E-state index contributed by atoms with van der Waals surface area (Å²) in [5, 5.41) is 3.49. The van der Waals surface area contributed by atoms with E-state index in [4.69, 9.17) is 9.47 Å². The van der Waals surface area contributed by atoms with Gasteiger partial charge in [-0.15, -0.1) is 11.3 Å². The number of nitrogens with zero attached hydrogens (tertiary/aromatic N) is 2. The Morgan fingerprint density at radius 3 is 2.57 bits per heavy atom. The molecule has 0 atom stereocenters. The van der Waals surface area contributed by atoms with Crippen molar-refractivity contribution in [2.45, 2.75) is 19.3 Å². The van der Waals surface area contributed by atoms with E-state index in [2.05, 4.69) is 10.3 Å². The quantitative estimate of drug-likeness (QED) is 0.703. The van der Waals surface area contributed by atoms with E-state index in [-0.39, 0.29) is 6.61 Å². The van der Waals surface area contributed by atoms with Gasteiger partial charge in [0.1, 0.15) is 6.54 Å². The first-order chi connectivity index (χ1) is 9.87. The first-order valence-corrected chi connectivity index (χ1v) is 7.14. The van der Waals surface area contributed by atoms with E-state index < -0.39 is 12.7 Å². The lowest BCUT2D eigenvalue weighted by molar-refractivity contribution is -0.119. The van der Waals surface area contributed by atoms with E-state index in [0.717, 1.165) is 9.78 Å². The molecule has 0 bridgehead atoms. The van der Waals surface area contributed by atoms with E-state index in [9.17, 15) is 13.2 Å². The average Bonchev–Trinajstić information content (AvgIpc) is 2.77. The van der Waals surface area contributed by atoms with Crippen LogP contribution in [0.1, 0.15) is 10.6 Å². The highest BCUT2D eigenvalue weighted by Crippen LogP contribution is 2.28. The number of aromatic nitrogens is 1.